The predicted octanol–water partition coefficient (Wildman–Crippen LogP) is 5.56. The second kappa shape index (κ2) is 9.57. The van der Waals surface area contributed by atoms with Crippen molar-refractivity contribution in [1.82, 2.24) is 0 Å². The lowest BCUT2D eigenvalue weighted by Gasteiger charge is -2.24. The quantitative estimate of drug-likeness (QED) is 0.322. The molecule has 0 aliphatic heterocycles. The highest BCUT2D eigenvalue weighted by molar-refractivity contribution is 5.74. The summed E-state index contributed by atoms with van der Waals surface area (Å²) in [5.41, 5.74) is 3.10. The average molecular weight is 415 g/mol. The Kier molecular flexibility index (Phi) is 6.42. The van der Waals surface area contributed by atoms with Gasteiger partial charge >= 0.3 is 5.97 Å². The molecule has 2 aromatic rings. The van der Waals surface area contributed by atoms with Gasteiger partial charge in [0.1, 0.15) is 6.61 Å². The van der Waals surface area contributed by atoms with Crippen LogP contribution >= 0.6 is 0 Å². The van der Waals surface area contributed by atoms with E-state index in [2.05, 4.69) is 40.3 Å². The van der Waals surface area contributed by atoms with Gasteiger partial charge < -0.3 is 9.64 Å². The third-order valence-electron chi connectivity index (χ3n) is 6.06. The molecule has 158 valence electrons. The summed E-state index contributed by atoms with van der Waals surface area (Å²) in [5, 5.41) is 17.3. The minimum absolute atomic E-state index is 0.0471. The van der Waals surface area contributed by atoms with E-state index in [0.29, 0.717) is 36.2 Å². The van der Waals surface area contributed by atoms with Crippen LogP contribution < -0.4 is 4.90 Å². The van der Waals surface area contributed by atoms with E-state index in [1.165, 1.54) is 0 Å². The first-order valence-electron chi connectivity index (χ1n) is 10.8. The van der Waals surface area contributed by atoms with E-state index in [4.69, 9.17) is 10.00 Å². The Hall–Kier alpha value is -3.46. The highest BCUT2D eigenvalue weighted by Crippen LogP contribution is 2.43. The maximum absolute atomic E-state index is 12.4. The first-order chi connectivity index (χ1) is 15.2. The minimum Gasteiger partial charge on any atom is -0.464 e. The first kappa shape index (κ1) is 20.8. The van der Waals surface area contributed by atoms with Gasteiger partial charge in [0.2, 0.25) is 0 Å². The summed E-state index contributed by atoms with van der Waals surface area (Å²) in [4.78, 5) is 14.6. The Bertz CT molecular complexity index is 1010. The Morgan fingerprint density at radius 1 is 1.06 bits per heavy atom. The highest BCUT2D eigenvalue weighted by atomic mass is 16.5. The predicted molar refractivity (Wildman–Crippen MR) is 119 cm³/mol. The van der Waals surface area contributed by atoms with E-state index in [9.17, 15) is 4.79 Å². The van der Waals surface area contributed by atoms with Gasteiger partial charge in [-0.1, -0.05) is 12.2 Å². The highest BCUT2D eigenvalue weighted by Gasteiger charge is 2.40. The van der Waals surface area contributed by atoms with Gasteiger partial charge in [-0.15, -0.1) is 0 Å². The molecule has 2 aromatic carbocycles. The topological polar surface area (TPSA) is 78.0 Å². The number of benzene rings is 2. The summed E-state index contributed by atoms with van der Waals surface area (Å²) in [6.45, 7) is 3.96. The zero-order valence-electron chi connectivity index (χ0n) is 17.6. The van der Waals surface area contributed by atoms with E-state index in [1.807, 2.05) is 24.3 Å². The summed E-state index contributed by atoms with van der Waals surface area (Å²) in [6.07, 6.45) is 6.46. The molecule has 3 atom stereocenters. The number of nitrogens with zero attached hydrogens (tertiary/aromatic N) is 4. The van der Waals surface area contributed by atoms with Crippen molar-refractivity contribution in [1.29, 1.82) is 5.26 Å². The molecule has 6 heteroatoms. The molecule has 0 spiro atoms. The monoisotopic (exact) mass is 414 g/mol. The van der Waals surface area contributed by atoms with Gasteiger partial charge in [-0.05, 0) is 80.1 Å². The lowest BCUT2D eigenvalue weighted by Crippen LogP contribution is -2.30. The van der Waals surface area contributed by atoms with Gasteiger partial charge in [-0.25, -0.2) is 0 Å². The Labute approximate surface area is 182 Å². The fraction of sp³-hybridized carbons (Fsp3) is 0.360. The number of rotatable bonds is 8. The zero-order valence-corrected chi connectivity index (χ0v) is 17.6. The lowest BCUT2D eigenvalue weighted by atomic mass is 9.94. The van der Waals surface area contributed by atoms with Crippen molar-refractivity contribution in [3.63, 3.8) is 0 Å². The molecule has 2 bridgehead atoms. The molecule has 1 saturated carbocycles. The summed E-state index contributed by atoms with van der Waals surface area (Å²) in [7, 11) is 0. The SMILES string of the molecule is CCN(CCOC(=O)C1CC2C=CC1C2)c1ccc(N=Nc2ccc(C#N)cc2)cc1. The van der Waals surface area contributed by atoms with Crippen molar-refractivity contribution >= 4 is 23.0 Å². The minimum atomic E-state index is -0.0496. The number of hydrogen-bond donors (Lipinski definition) is 0. The molecule has 0 saturated heterocycles. The van der Waals surface area contributed by atoms with E-state index >= 15 is 0 Å². The Morgan fingerprint density at radius 3 is 2.29 bits per heavy atom. The van der Waals surface area contributed by atoms with Crippen LogP contribution in [0.4, 0.5) is 17.1 Å². The molecule has 0 radical (unpaired) electrons. The number of azo groups is 1. The van der Waals surface area contributed by atoms with Crippen molar-refractivity contribution in [3.8, 4) is 6.07 Å². The number of esters is 1. The van der Waals surface area contributed by atoms with Gasteiger partial charge in [-0.3, -0.25) is 4.79 Å². The van der Waals surface area contributed by atoms with Gasteiger partial charge in [-0.2, -0.15) is 15.5 Å². The molecule has 0 aromatic heterocycles. The zero-order chi connectivity index (χ0) is 21.6. The summed E-state index contributed by atoms with van der Waals surface area (Å²) >= 11 is 0. The average Bonchev–Trinajstić information content (AvgIpc) is 3.45. The van der Waals surface area contributed by atoms with Crippen molar-refractivity contribution in [2.45, 2.75) is 19.8 Å². The maximum atomic E-state index is 12.4. The summed E-state index contributed by atoms with van der Waals surface area (Å²) < 4.78 is 5.59. The molecule has 0 N–H and O–H groups in total. The van der Waals surface area contributed by atoms with Crippen LogP contribution in [0.15, 0.2) is 70.9 Å². The standard InChI is InChI=1S/C25H26N4O2/c1-2-29(13-14-31-25(30)24-16-19-3-6-20(24)15-19)23-11-9-22(10-12-23)28-27-21-7-4-18(17-26)5-8-21/h3-12,19-20,24H,2,13-16H2,1H3. The Morgan fingerprint density at radius 2 is 1.74 bits per heavy atom. The number of carbonyl (C=O) groups is 1. The largest absolute Gasteiger partial charge is 0.464 e. The molecular formula is C25H26N4O2. The van der Waals surface area contributed by atoms with Crippen molar-refractivity contribution in [2.75, 3.05) is 24.6 Å². The van der Waals surface area contributed by atoms with Crippen LogP contribution in [0.1, 0.15) is 25.3 Å². The molecule has 31 heavy (non-hydrogen) atoms. The number of allylic oxidation sites excluding steroid dienone is 2. The van der Waals surface area contributed by atoms with Crippen LogP contribution in [0.5, 0.6) is 0 Å². The number of likely N-dealkylation sites (N-methyl/N-ethyl adjacent to an activating group) is 1. The molecule has 0 heterocycles. The summed E-state index contributed by atoms with van der Waals surface area (Å²) in [6, 6.07) is 16.9. The van der Waals surface area contributed by atoms with Crippen LogP contribution in [-0.2, 0) is 9.53 Å². The second-order valence-electron chi connectivity index (χ2n) is 8.01. The van der Waals surface area contributed by atoms with Gasteiger partial charge in [0.25, 0.3) is 0 Å². The van der Waals surface area contributed by atoms with Crippen LogP contribution in [0, 0.1) is 29.1 Å². The van der Waals surface area contributed by atoms with Gasteiger partial charge in [0.05, 0.1) is 35.5 Å². The van der Waals surface area contributed by atoms with Crippen molar-refractivity contribution in [2.24, 2.45) is 28.0 Å². The van der Waals surface area contributed by atoms with Crippen LogP contribution in [-0.4, -0.2) is 25.7 Å². The molecule has 6 nitrogen and oxygen atoms in total. The number of fused-ring (bicyclic) bond motifs is 2. The summed E-state index contributed by atoms with van der Waals surface area (Å²) in [5.74, 6) is 0.949. The van der Waals surface area contributed by atoms with E-state index in [0.717, 1.165) is 30.8 Å². The molecule has 1 fully saturated rings. The van der Waals surface area contributed by atoms with Crippen LogP contribution in [0.2, 0.25) is 0 Å². The van der Waals surface area contributed by atoms with Crippen LogP contribution in [0.3, 0.4) is 0 Å². The molecule has 3 unspecified atom stereocenters. The van der Waals surface area contributed by atoms with E-state index < -0.39 is 0 Å². The van der Waals surface area contributed by atoms with Gasteiger partial charge in [0, 0.05) is 12.2 Å². The maximum Gasteiger partial charge on any atom is 0.309 e. The smallest absolute Gasteiger partial charge is 0.309 e. The van der Waals surface area contributed by atoms with Crippen molar-refractivity contribution < 1.29 is 9.53 Å². The third kappa shape index (κ3) is 5.00. The number of ether oxygens (including phenoxy) is 1. The van der Waals surface area contributed by atoms with E-state index in [-0.39, 0.29) is 11.9 Å². The third-order valence-corrected chi connectivity index (χ3v) is 6.06. The number of nitriles is 1. The normalized spacial score (nSPS) is 21.4. The fourth-order valence-electron chi connectivity index (χ4n) is 4.33. The number of anilines is 1. The fourth-order valence-corrected chi connectivity index (χ4v) is 4.33. The number of carbonyl (C=O) groups excluding carboxylic acids is 1. The molecule has 4 rings (SSSR count). The molecule has 0 amide bonds. The second-order valence-corrected chi connectivity index (χ2v) is 8.01. The van der Waals surface area contributed by atoms with Gasteiger partial charge in [0.15, 0.2) is 0 Å². The molecule has 2 aliphatic carbocycles. The number of hydrogen-bond acceptors (Lipinski definition) is 6. The molecular weight excluding hydrogens is 388 g/mol. The van der Waals surface area contributed by atoms with Crippen molar-refractivity contribution in [3.05, 3.63) is 66.2 Å². The lowest BCUT2D eigenvalue weighted by molar-refractivity contribution is -0.149. The molecule has 2 aliphatic rings. The van der Waals surface area contributed by atoms with Crippen LogP contribution in [0.25, 0.3) is 0 Å². The Balaban J connectivity index is 1.28. The van der Waals surface area contributed by atoms with E-state index in [1.54, 1.807) is 24.3 Å². The first-order valence-corrected chi connectivity index (χ1v) is 10.8.